The van der Waals surface area contributed by atoms with Gasteiger partial charge in [0.25, 0.3) is 11.5 Å². The molecule has 1 amide bonds. The van der Waals surface area contributed by atoms with Crippen LogP contribution in [0.1, 0.15) is 21.7 Å². The second-order valence-electron chi connectivity index (χ2n) is 6.66. The normalized spacial score (nSPS) is 15.4. The number of nitrogens with zero attached hydrogens (tertiary/aromatic N) is 4. The van der Waals surface area contributed by atoms with E-state index < -0.39 is 0 Å². The number of hydrogen-bond acceptors (Lipinski definition) is 5. The van der Waals surface area contributed by atoms with Crippen molar-refractivity contribution in [3.05, 3.63) is 68.8 Å². The van der Waals surface area contributed by atoms with Crippen molar-refractivity contribution in [3.63, 3.8) is 0 Å². The van der Waals surface area contributed by atoms with Crippen LogP contribution in [0.4, 0.5) is 4.39 Å². The number of aromatic nitrogens is 2. The molecule has 3 aromatic rings. The van der Waals surface area contributed by atoms with Crippen molar-refractivity contribution >= 4 is 22.2 Å². The molecule has 2 aromatic heterocycles. The van der Waals surface area contributed by atoms with Gasteiger partial charge in [0.05, 0.1) is 5.69 Å². The van der Waals surface area contributed by atoms with Crippen LogP contribution in [0.25, 0.3) is 4.96 Å². The Kier molecular flexibility index (Phi) is 4.75. The first-order valence-electron chi connectivity index (χ1n) is 8.75. The van der Waals surface area contributed by atoms with Crippen LogP contribution >= 0.6 is 11.3 Å². The van der Waals surface area contributed by atoms with E-state index in [1.807, 2.05) is 12.3 Å². The third-order valence-corrected chi connectivity index (χ3v) is 5.71. The number of rotatable bonds is 3. The Morgan fingerprint density at radius 3 is 2.59 bits per heavy atom. The van der Waals surface area contributed by atoms with Gasteiger partial charge in [-0.15, -0.1) is 11.3 Å². The molecule has 1 saturated heterocycles. The number of hydrogen-bond donors (Lipinski definition) is 0. The molecule has 27 heavy (non-hydrogen) atoms. The molecule has 0 N–H and O–H groups in total. The first-order chi connectivity index (χ1) is 13.0. The molecule has 1 aromatic carbocycles. The fourth-order valence-electron chi connectivity index (χ4n) is 3.30. The minimum Gasteiger partial charge on any atom is -0.336 e. The number of amides is 1. The van der Waals surface area contributed by atoms with Crippen LogP contribution in [0.15, 0.2) is 40.5 Å². The van der Waals surface area contributed by atoms with Gasteiger partial charge in [0, 0.05) is 55.4 Å². The smallest absolute Gasteiger partial charge is 0.259 e. The van der Waals surface area contributed by atoms with Crippen molar-refractivity contribution in [1.29, 1.82) is 0 Å². The molecule has 0 spiro atoms. The number of halogens is 1. The Labute approximate surface area is 159 Å². The topological polar surface area (TPSA) is 57.9 Å². The van der Waals surface area contributed by atoms with Gasteiger partial charge in [-0.1, -0.05) is 0 Å². The number of thiazole rings is 1. The fraction of sp³-hybridized carbons (Fsp3) is 0.316. The van der Waals surface area contributed by atoms with Crippen molar-refractivity contribution in [2.45, 2.75) is 13.5 Å². The fourth-order valence-corrected chi connectivity index (χ4v) is 4.19. The molecule has 8 heteroatoms. The zero-order chi connectivity index (χ0) is 19.0. The molecule has 140 valence electrons. The average Bonchev–Trinajstić information content (AvgIpc) is 3.04. The van der Waals surface area contributed by atoms with Gasteiger partial charge < -0.3 is 4.90 Å². The van der Waals surface area contributed by atoms with Gasteiger partial charge >= 0.3 is 0 Å². The summed E-state index contributed by atoms with van der Waals surface area (Å²) in [5.74, 6) is -0.431. The maximum Gasteiger partial charge on any atom is 0.259 e. The van der Waals surface area contributed by atoms with Crippen molar-refractivity contribution < 1.29 is 9.18 Å². The van der Waals surface area contributed by atoms with E-state index >= 15 is 0 Å². The Morgan fingerprint density at radius 2 is 1.89 bits per heavy atom. The van der Waals surface area contributed by atoms with E-state index in [1.54, 1.807) is 15.4 Å². The molecule has 0 radical (unpaired) electrons. The molecule has 0 aliphatic carbocycles. The Balaban J connectivity index is 1.40. The minimum absolute atomic E-state index is 0.0566. The van der Waals surface area contributed by atoms with Crippen molar-refractivity contribution in [1.82, 2.24) is 19.2 Å². The van der Waals surface area contributed by atoms with Crippen molar-refractivity contribution in [2.75, 3.05) is 26.2 Å². The molecule has 3 heterocycles. The minimum atomic E-state index is -0.349. The predicted octanol–water partition coefficient (Wildman–Crippen LogP) is 2.16. The maximum atomic E-state index is 13.0. The van der Waals surface area contributed by atoms with Crippen LogP contribution in [-0.2, 0) is 6.54 Å². The van der Waals surface area contributed by atoms with Crippen LogP contribution < -0.4 is 5.56 Å². The lowest BCUT2D eigenvalue weighted by Crippen LogP contribution is -2.48. The monoisotopic (exact) mass is 386 g/mol. The quantitative estimate of drug-likeness (QED) is 0.692. The van der Waals surface area contributed by atoms with Crippen LogP contribution in [0.5, 0.6) is 0 Å². The molecule has 0 unspecified atom stereocenters. The van der Waals surface area contributed by atoms with Crippen LogP contribution in [0, 0.1) is 12.7 Å². The highest BCUT2D eigenvalue weighted by molar-refractivity contribution is 7.15. The first kappa shape index (κ1) is 17.8. The van der Waals surface area contributed by atoms with Gasteiger partial charge in [-0.2, -0.15) is 0 Å². The largest absolute Gasteiger partial charge is 0.336 e. The molecule has 1 aliphatic heterocycles. The highest BCUT2D eigenvalue weighted by Crippen LogP contribution is 2.14. The van der Waals surface area contributed by atoms with E-state index in [0.29, 0.717) is 43.2 Å². The summed E-state index contributed by atoms with van der Waals surface area (Å²) in [6, 6.07) is 7.22. The van der Waals surface area contributed by atoms with Crippen LogP contribution in [0.3, 0.4) is 0 Å². The lowest BCUT2D eigenvalue weighted by molar-refractivity contribution is 0.0627. The van der Waals surface area contributed by atoms with E-state index in [0.717, 1.165) is 11.4 Å². The number of carbonyl (C=O) groups excluding carboxylic acids is 1. The zero-order valence-corrected chi connectivity index (χ0v) is 15.7. The molecule has 0 saturated carbocycles. The van der Waals surface area contributed by atoms with Crippen molar-refractivity contribution in [3.8, 4) is 0 Å². The van der Waals surface area contributed by atoms with E-state index in [-0.39, 0.29) is 17.3 Å². The number of fused-ring (bicyclic) bond motifs is 1. The van der Waals surface area contributed by atoms with E-state index in [9.17, 15) is 14.0 Å². The van der Waals surface area contributed by atoms with Gasteiger partial charge in [-0.25, -0.2) is 9.37 Å². The molecule has 0 bridgehead atoms. The summed E-state index contributed by atoms with van der Waals surface area (Å²) >= 11 is 1.46. The number of benzene rings is 1. The third-order valence-electron chi connectivity index (χ3n) is 4.76. The number of piperazine rings is 1. The molecular weight excluding hydrogens is 367 g/mol. The molecule has 6 nitrogen and oxygen atoms in total. The highest BCUT2D eigenvalue weighted by atomic mass is 32.1. The van der Waals surface area contributed by atoms with E-state index in [2.05, 4.69) is 9.88 Å². The Hall–Kier alpha value is -2.58. The molecule has 1 aliphatic rings. The van der Waals surface area contributed by atoms with Gasteiger partial charge in [0.1, 0.15) is 5.82 Å². The predicted molar refractivity (Wildman–Crippen MR) is 102 cm³/mol. The first-order valence-corrected chi connectivity index (χ1v) is 9.63. The summed E-state index contributed by atoms with van der Waals surface area (Å²) < 4.78 is 14.6. The van der Waals surface area contributed by atoms with Crippen LogP contribution in [0.2, 0.25) is 0 Å². The summed E-state index contributed by atoms with van der Waals surface area (Å²) in [5.41, 5.74) is 2.09. The third kappa shape index (κ3) is 3.63. The number of aryl methyl sites for hydroxylation is 1. The summed E-state index contributed by atoms with van der Waals surface area (Å²) in [7, 11) is 0. The van der Waals surface area contributed by atoms with Gasteiger partial charge in [0.2, 0.25) is 0 Å². The lowest BCUT2D eigenvalue weighted by atomic mass is 10.1. The summed E-state index contributed by atoms with van der Waals surface area (Å²) in [6.07, 6.45) is 0. The van der Waals surface area contributed by atoms with Gasteiger partial charge in [-0.05, 0) is 31.2 Å². The molecular formula is C19H19FN4O2S. The number of carbonyl (C=O) groups is 1. The SMILES string of the molecule is Cc1csc2nc(CN3CCN(C(=O)c4ccc(F)cc4)CC3)cc(=O)n12. The van der Waals surface area contributed by atoms with E-state index in [4.69, 9.17) is 0 Å². The maximum absolute atomic E-state index is 13.0. The van der Waals surface area contributed by atoms with E-state index in [1.165, 1.54) is 35.6 Å². The molecule has 0 atom stereocenters. The Bertz CT molecular complexity index is 1040. The van der Waals surface area contributed by atoms with Gasteiger partial charge in [-0.3, -0.25) is 18.9 Å². The second-order valence-corrected chi connectivity index (χ2v) is 7.49. The summed E-state index contributed by atoms with van der Waals surface area (Å²) in [4.78, 5) is 34.0. The summed E-state index contributed by atoms with van der Waals surface area (Å²) in [5, 5.41) is 1.92. The molecule has 4 rings (SSSR count). The zero-order valence-electron chi connectivity index (χ0n) is 14.9. The van der Waals surface area contributed by atoms with Crippen molar-refractivity contribution in [2.24, 2.45) is 0 Å². The lowest BCUT2D eigenvalue weighted by Gasteiger charge is -2.34. The standard InChI is InChI=1S/C19H19FN4O2S/c1-13-12-27-19-21-16(10-17(25)24(13)19)11-22-6-8-23(9-7-22)18(26)14-2-4-15(20)5-3-14/h2-5,10,12H,6-9,11H2,1H3. The van der Waals surface area contributed by atoms with Crippen LogP contribution in [-0.4, -0.2) is 51.3 Å². The van der Waals surface area contributed by atoms with Gasteiger partial charge in [0.15, 0.2) is 4.96 Å². The highest BCUT2D eigenvalue weighted by Gasteiger charge is 2.22. The average molecular weight is 386 g/mol. The second kappa shape index (κ2) is 7.21. The molecule has 1 fully saturated rings. The summed E-state index contributed by atoms with van der Waals surface area (Å²) in [6.45, 7) is 5.07. The Morgan fingerprint density at radius 1 is 1.19 bits per heavy atom.